The van der Waals surface area contributed by atoms with Crippen LogP contribution in [0.5, 0.6) is 0 Å². The molecule has 2 aromatic heterocycles. The molecule has 0 aliphatic rings. The number of aryl methyl sites for hydroxylation is 1. The summed E-state index contributed by atoms with van der Waals surface area (Å²) in [5.41, 5.74) is 1.04. The molecule has 2 aromatic rings. The van der Waals surface area contributed by atoms with E-state index in [1.165, 1.54) is 15.9 Å². The van der Waals surface area contributed by atoms with Crippen molar-refractivity contribution in [3.63, 3.8) is 0 Å². The second-order valence-electron chi connectivity index (χ2n) is 3.53. The Morgan fingerprint density at radius 1 is 1.53 bits per heavy atom. The lowest BCUT2D eigenvalue weighted by Crippen LogP contribution is -2.25. The summed E-state index contributed by atoms with van der Waals surface area (Å²) in [4.78, 5) is 26.8. The lowest BCUT2D eigenvalue weighted by molar-refractivity contribution is -0.116. The number of fused-ring (bicyclic) bond motifs is 1. The molecule has 0 saturated carbocycles. The second kappa shape index (κ2) is 3.34. The van der Waals surface area contributed by atoms with Gasteiger partial charge in [0.15, 0.2) is 0 Å². The smallest absolute Gasteiger partial charge is 0.303 e. The number of Topliss-reactive ketones (excluding diaryl/α,β-unsaturated/α-hetero) is 1. The number of rotatable bonds is 2. The minimum atomic E-state index is -0.179. The topological polar surface area (TPSA) is 56.4 Å². The third-order valence-corrected chi connectivity index (χ3v) is 2.23. The first-order valence-electron chi connectivity index (χ1n) is 4.61. The lowest BCUT2D eigenvalue weighted by atomic mass is 10.2. The Morgan fingerprint density at radius 3 is 2.93 bits per heavy atom. The highest BCUT2D eigenvalue weighted by molar-refractivity contribution is 5.77. The van der Waals surface area contributed by atoms with E-state index < -0.39 is 0 Å². The Kier molecular flexibility index (Phi) is 2.15. The fourth-order valence-electron chi connectivity index (χ4n) is 1.52. The zero-order valence-corrected chi connectivity index (χ0v) is 8.60. The van der Waals surface area contributed by atoms with Crippen LogP contribution in [0.1, 0.15) is 12.6 Å². The molecule has 0 unspecified atom stereocenters. The molecule has 0 fully saturated rings. The Morgan fingerprint density at radius 2 is 2.27 bits per heavy atom. The fraction of sp³-hybridized carbons (Fsp3) is 0.300. The molecule has 5 nitrogen and oxygen atoms in total. The van der Waals surface area contributed by atoms with Crippen LogP contribution < -0.4 is 5.69 Å². The van der Waals surface area contributed by atoms with Crippen molar-refractivity contribution in [1.82, 2.24) is 14.0 Å². The third-order valence-electron chi connectivity index (χ3n) is 2.23. The Bertz CT molecular complexity index is 580. The van der Waals surface area contributed by atoms with Gasteiger partial charge in [-0.15, -0.1) is 0 Å². The number of hydrogen-bond donors (Lipinski definition) is 0. The van der Waals surface area contributed by atoms with E-state index in [1.807, 2.05) is 0 Å². The largest absolute Gasteiger partial charge is 0.333 e. The van der Waals surface area contributed by atoms with Crippen LogP contribution >= 0.6 is 0 Å². The highest BCUT2D eigenvalue weighted by Gasteiger charge is 2.08. The van der Waals surface area contributed by atoms with Gasteiger partial charge >= 0.3 is 5.69 Å². The molecular weight excluding hydrogens is 194 g/mol. The van der Waals surface area contributed by atoms with Gasteiger partial charge in [-0.3, -0.25) is 4.79 Å². The fourth-order valence-corrected chi connectivity index (χ4v) is 1.52. The molecule has 0 spiro atoms. The predicted octanol–water partition coefficient (Wildman–Crippen LogP) is 0.164. The van der Waals surface area contributed by atoms with Crippen LogP contribution in [0.4, 0.5) is 0 Å². The number of nitrogens with zero attached hydrogens (tertiary/aromatic N) is 3. The Balaban J connectivity index is 2.72. The zero-order valence-electron chi connectivity index (χ0n) is 8.60. The standard InChI is InChI=1S/C10H11N3O2/c1-7(14)5-8-6-11-9-3-4-12(2)10(15)13(8)9/h3-4,6H,5H2,1-2H3. The molecule has 78 valence electrons. The van der Waals surface area contributed by atoms with Crippen molar-refractivity contribution in [2.24, 2.45) is 7.05 Å². The molecule has 2 rings (SSSR count). The predicted molar refractivity (Wildman–Crippen MR) is 54.8 cm³/mol. The minimum absolute atomic E-state index is 0.0164. The van der Waals surface area contributed by atoms with E-state index in [2.05, 4.69) is 4.98 Å². The van der Waals surface area contributed by atoms with Crippen molar-refractivity contribution < 1.29 is 4.79 Å². The van der Waals surface area contributed by atoms with Crippen LogP contribution in [0, 0.1) is 0 Å². The minimum Gasteiger partial charge on any atom is -0.303 e. The van der Waals surface area contributed by atoms with Crippen LogP contribution in [0.3, 0.4) is 0 Å². The van der Waals surface area contributed by atoms with Crippen molar-refractivity contribution in [2.45, 2.75) is 13.3 Å². The number of carbonyl (C=O) groups is 1. The SMILES string of the molecule is CC(=O)Cc1cnc2ccn(C)c(=O)n12. The molecule has 0 saturated heterocycles. The molecule has 0 radical (unpaired) electrons. The molecule has 0 atom stereocenters. The number of aromatic nitrogens is 3. The number of hydrogen-bond acceptors (Lipinski definition) is 3. The molecule has 5 heteroatoms. The van der Waals surface area contributed by atoms with Crippen molar-refractivity contribution in [2.75, 3.05) is 0 Å². The van der Waals surface area contributed by atoms with Gasteiger partial charge in [-0.05, 0) is 13.0 Å². The Hall–Kier alpha value is -1.91. The third kappa shape index (κ3) is 1.56. The molecule has 15 heavy (non-hydrogen) atoms. The highest BCUT2D eigenvalue weighted by atomic mass is 16.1. The van der Waals surface area contributed by atoms with Crippen molar-refractivity contribution in [3.05, 3.63) is 34.6 Å². The van der Waals surface area contributed by atoms with Gasteiger partial charge in [0.2, 0.25) is 0 Å². The maximum atomic E-state index is 11.8. The molecule has 2 heterocycles. The van der Waals surface area contributed by atoms with Crippen molar-refractivity contribution >= 4 is 11.4 Å². The van der Waals surface area contributed by atoms with Gasteiger partial charge in [0.25, 0.3) is 0 Å². The quantitative estimate of drug-likeness (QED) is 0.702. The summed E-state index contributed by atoms with van der Waals surface area (Å²) in [5, 5.41) is 0. The summed E-state index contributed by atoms with van der Waals surface area (Å²) in [6.07, 6.45) is 3.46. The van der Waals surface area contributed by atoms with E-state index in [9.17, 15) is 9.59 Å². The van der Waals surface area contributed by atoms with Crippen molar-refractivity contribution in [1.29, 1.82) is 0 Å². The van der Waals surface area contributed by atoms with E-state index in [1.54, 1.807) is 25.5 Å². The molecular formula is C10H11N3O2. The number of imidazole rings is 1. The zero-order chi connectivity index (χ0) is 11.0. The average Bonchev–Trinajstić information content (AvgIpc) is 2.55. The molecule has 0 amide bonds. The van der Waals surface area contributed by atoms with Crippen LogP contribution in [-0.2, 0) is 18.3 Å². The molecule has 0 aromatic carbocycles. The maximum absolute atomic E-state index is 11.8. The van der Waals surface area contributed by atoms with Gasteiger partial charge < -0.3 is 4.57 Å². The van der Waals surface area contributed by atoms with Gasteiger partial charge in [-0.25, -0.2) is 14.2 Å². The van der Waals surface area contributed by atoms with Crippen molar-refractivity contribution in [3.8, 4) is 0 Å². The summed E-state index contributed by atoms with van der Waals surface area (Å²) in [5.74, 6) is 0.0164. The molecule has 0 aliphatic carbocycles. The van der Waals surface area contributed by atoms with Gasteiger partial charge in [0, 0.05) is 25.9 Å². The average molecular weight is 205 g/mol. The molecule has 0 bridgehead atoms. The first-order chi connectivity index (χ1) is 7.09. The summed E-state index contributed by atoms with van der Waals surface area (Å²) in [7, 11) is 1.67. The second-order valence-corrected chi connectivity index (χ2v) is 3.53. The van der Waals surface area contributed by atoms with Gasteiger partial charge in [0.1, 0.15) is 11.4 Å². The van der Waals surface area contributed by atoms with Gasteiger partial charge in [0.05, 0.1) is 5.69 Å². The lowest BCUT2D eigenvalue weighted by Gasteiger charge is -2.00. The van der Waals surface area contributed by atoms with Crippen LogP contribution in [0.15, 0.2) is 23.3 Å². The normalized spacial score (nSPS) is 10.8. The first kappa shape index (κ1) is 9.64. The van der Waals surface area contributed by atoms with E-state index >= 15 is 0 Å². The molecule has 0 N–H and O–H groups in total. The van der Waals surface area contributed by atoms with E-state index in [0.29, 0.717) is 11.3 Å². The van der Waals surface area contributed by atoms with E-state index in [-0.39, 0.29) is 17.9 Å². The van der Waals surface area contributed by atoms with Crippen LogP contribution in [0.25, 0.3) is 5.65 Å². The summed E-state index contributed by atoms with van der Waals surface area (Å²) >= 11 is 0. The summed E-state index contributed by atoms with van der Waals surface area (Å²) in [6, 6.07) is 1.74. The van der Waals surface area contributed by atoms with Gasteiger partial charge in [-0.2, -0.15) is 0 Å². The first-order valence-corrected chi connectivity index (χ1v) is 4.61. The number of carbonyl (C=O) groups excluding carboxylic acids is 1. The maximum Gasteiger partial charge on any atom is 0.333 e. The highest BCUT2D eigenvalue weighted by Crippen LogP contribution is 2.03. The summed E-state index contributed by atoms with van der Waals surface area (Å²) < 4.78 is 2.92. The summed E-state index contributed by atoms with van der Waals surface area (Å²) in [6.45, 7) is 1.49. The molecule has 0 aliphatic heterocycles. The van der Waals surface area contributed by atoms with Crippen LogP contribution in [0.2, 0.25) is 0 Å². The Labute approximate surface area is 86.0 Å². The van der Waals surface area contributed by atoms with Crippen LogP contribution in [-0.4, -0.2) is 19.7 Å². The number of ketones is 1. The van der Waals surface area contributed by atoms with Gasteiger partial charge in [-0.1, -0.05) is 0 Å². The van der Waals surface area contributed by atoms with E-state index in [4.69, 9.17) is 0 Å². The monoisotopic (exact) mass is 205 g/mol. The van der Waals surface area contributed by atoms with E-state index in [0.717, 1.165) is 0 Å².